The molecule has 8 nitrogen and oxygen atoms in total. The van der Waals surface area contributed by atoms with Gasteiger partial charge in [-0.2, -0.15) is 13.2 Å². The van der Waals surface area contributed by atoms with Crippen LogP contribution in [0.3, 0.4) is 0 Å². The highest BCUT2D eigenvalue weighted by Gasteiger charge is 2.43. The van der Waals surface area contributed by atoms with Crippen molar-refractivity contribution in [3.63, 3.8) is 0 Å². The summed E-state index contributed by atoms with van der Waals surface area (Å²) in [5, 5.41) is 0.962. The molecule has 0 aromatic carbocycles. The zero-order valence-electron chi connectivity index (χ0n) is 14.8. The van der Waals surface area contributed by atoms with Crippen LogP contribution < -0.4 is 0 Å². The van der Waals surface area contributed by atoms with Crippen molar-refractivity contribution in [2.45, 2.75) is 18.7 Å². The second-order valence-electron chi connectivity index (χ2n) is 5.38. The minimum Gasteiger partial charge on any atom is -0.382 e. The van der Waals surface area contributed by atoms with Crippen LogP contribution in [0.5, 0.6) is 0 Å². The van der Waals surface area contributed by atoms with Crippen molar-refractivity contribution in [1.29, 1.82) is 0 Å². The molecule has 0 amide bonds. The molecule has 1 saturated heterocycles. The van der Waals surface area contributed by atoms with E-state index in [1.807, 2.05) is 0 Å². The second-order valence-corrected chi connectivity index (χ2v) is 5.38. The minimum absolute atomic E-state index is 0.105. The number of hydrogen-bond acceptors (Lipinski definition) is 8. The van der Waals surface area contributed by atoms with Crippen LogP contribution in [0.4, 0.5) is 13.2 Å². The highest BCUT2D eigenvalue weighted by atomic mass is 19.4. The van der Waals surface area contributed by atoms with Gasteiger partial charge in [0.2, 0.25) is 0 Å². The number of ether oxygens (including phenoxy) is 5. The molecule has 26 heavy (non-hydrogen) atoms. The molecule has 0 aromatic rings. The van der Waals surface area contributed by atoms with Gasteiger partial charge in [0.05, 0.1) is 65.5 Å². The first-order chi connectivity index (χ1) is 12.4. The summed E-state index contributed by atoms with van der Waals surface area (Å²) in [7, 11) is 1.60. The molecule has 1 heterocycles. The molecule has 1 atom stereocenters. The molecule has 0 N–H and O–H groups in total. The van der Waals surface area contributed by atoms with Crippen molar-refractivity contribution < 1.29 is 46.5 Å². The number of carbonyl (C=O) groups is 1. The molecule has 154 valence electrons. The maximum atomic E-state index is 12.1. The van der Waals surface area contributed by atoms with Gasteiger partial charge in [0, 0.05) is 13.7 Å². The van der Waals surface area contributed by atoms with Crippen LogP contribution in [0.15, 0.2) is 0 Å². The molecule has 0 radical (unpaired) electrons. The van der Waals surface area contributed by atoms with Crippen LogP contribution in [0.2, 0.25) is 0 Å². The summed E-state index contributed by atoms with van der Waals surface area (Å²) in [5.41, 5.74) is 0. The molecule has 11 heteroatoms. The normalized spacial score (nSPS) is 18.4. The van der Waals surface area contributed by atoms with Gasteiger partial charge in [-0.05, 0) is 6.42 Å². The number of nitrogens with zero attached hydrogens (tertiary/aromatic N) is 1. The number of methoxy groups -OCH3 is 1. The van der Waals surface area contributed by atoms with Gasteiger partial charge in [-0.3, -0.25) is 0 Å². The summed E-state index contributed by atoms with van der Waals surface area (Å²) in [6, 6.07) is 0. The molecule has 0 unspecified atom stereocenters. The summed E-state index contributed by atoms with van der Waals surface area (Å²) in [6.07, 6.45) is -4.80. The first kappa shape index (κ1) is 23.1. The Labute approximate surface area is 150 Å². The van der Waals surface area contributed by atoms with Gasteiger partial charge in [0.15, 0.2) is 0 Å². The van der Waals surface area contributed by atoms with E-state index in [-0.39, 0.29) is 19.2 Å². The maximum Gasteiger partial charge on any atom is 0.492 e. The molecular weight excluding hydrogens is 363 g/mol. The molecule has 0 saturated carbocycles. The van der Waals surface area contributed by atoms with Gasteiger partial charge in [0.25, 0.3) is 0 Å². The predicted molar refractivity (Wildman–Crippen MR) is 82.4 cm³/mol. The van der Waals surface area contributed by atoms with Gasteiger partial charge in [-0.25, -0.2) is 4.79 Å². The molecule has 1 aliphatic heterocycles. The third-order valence-electron chi connectivity index (χ3n) is 3.31. The molecular formula is C15H26F3NO7. The Morgan fingerprint density at radius 3 is 2.04 bits per heavy atom. The number of rotatable bonds is 14. The molecule has 0 aromatic heterocycles. The van der Waals surface area contributed by atoms with Crippen LogP contribution in [0, 0.1) is 0 Å². The predicted octanol–water partition coefficient (Wildman–Crippen LogP) is 0.794. The van der Waals surface area contributed by atoms with E-state index in [4.69, 9.17) is 23.7 Å². The molecule has 0 aliphatic carbocycles. The number of hydroxylamine groups is 2. The van der Waals surface area contributed by atoms with Crippen LogP contribution in [-0.4, -0.2) is 96.4 Å². The molecule has 1 fully saturated rings. The largest absolute Gasteiger partial charge is 0.492 e. The van der Waals surface area contributed by atoms with E-state index in [1.165, 1.54) is 0 Å². The van der Waals surface area contributed by atoms with Gasteiger partial charge in [0.1, 0.15) is 0 Å². The van der Waals surface area contributed by atoms with E-state index in [0.29, 0.717) is 59.3 Å². The van der Waals surface area contributed by atoms with Gasteiger partial charge < -0.3 is 28.5 Å². The maximum absolute atomic E-state index is 12.1. The fourth-order valence-corrected chi connectivity index (χ4v) is 2.04. The Hall–Kier alpha value is -0.980. The Morgan fingerprint density at radius 2 is 1.50 bits per heavy atom. The zero-order valence-corrected chi connectivity index (χ0v) is 14.8. The van der Waals surface area contributed by atoms with Crippen LogP contribution in [0.25, 0.3) is 0 Å². The Kier molecular flexibility index (Phi) is 11.7. The van der Waals surface area contributed by atoms with E-state index in [1.54, 1.807) is 7.11 Å². The summed E-state index contributed by atoms with van der Waals surface area (Å²) in [4.78, 5) is 15.0. The van der Waals surface area contributed by atoms with E-state index in [9.17, 15) is 18.0 Å². The van der Waals surface area contributed by atoms with Crippen LogP contribution in [0.1, 0.15) is 6.42 Å². The van der Waals surface area contributed by atoms with Crippen LogP contribution in [-0.2, 0) is 33.3 Å². The first-order valence-corrected chi connectivity index (χ1v) is 8.31. The van der Waals surface area contributed by atoms with Crippen molar-refractivity contribution in [1.82, 2.24) is 5.06 Å². The van der Waals surface area contributed by atoms with Crippen molar-refractivity contribution in [3.8, 4) is 0 Å². The van der Waals surface area contributed by atoms with Crippen molar-refractivity contribution in [3.05, 3.63) is 0 Å². The van der Waals surface area contributed by atoms with Gasteiger partial charge in [-0.15, -0.1) is 5.06 Å². The van der Waals surface area contributed by atoms with Crippen molar-refractivity contribution >= 4 is 5.97 Å². The second kappa shape index (κ2) is 13.2. The number of carbonyl (C=O) groups excluding carboxylic acids is 1. The average molecular weight is 389 g/mol. The van der Waals surface area contributed by atoms with E-state index < -0.39 is 12.1 Å². The van der Waals surface area contributed by atoms with Gasteiger partial charge >= 0.3 is 12.1 Å². The van der Waals surface area contributed by atoms with Gasteiger partial charge in [-0.1, -0.05) is 0 Å². The zero-order chi connectivity index (χ0) is 19.3. The Balaban J connectivity index is 1.89. The lowest BCUT2D eigenvalue weighted by atomic mass is 10.3. The number of halogens is 3. The molecule has 0 bridgehead atoms. The number of alkyl halides is 3. The lowest BCUT2D eigenvalue weighted by Crippen LogP contribution is -2.34. The lowest BCUT2D eigenvalue weighted by molar-refractivity contribution is -0.236. The summed E-state index contributed by atoms with van der Waals surface area (Å²) >= 11 is 0. The SMILES string of the molecule is COCCOCCOCCOCCO[C@H]1CCN(OC(=O)C(F)(F)F)C1. The third kappa shape index (κ3) is 10.9. The fraction of sp³-hybridized carbons (Fsp3) is 0.933. The topological polar surface area (TPSA) is 75.7 Å². The molecule has 1 aliphatic rings. The van der Waals surface area contributed by atoms with Crippen molar-refractivity contribution in [2.24, 2.45) is 0 Å². The van der Waals surface area contributed by atoms with E-state index >= 15 is 0 Å². The highest BCUT2D eigenvalue weighted by molar-refractivity contribution is 5.75. The highest BCUT2D eigenvalue weighted by Crippen LogP contribution is 2.20. The van der Waals surface area contributed by atoms with E-state index in [0.717, 1.165) is 5.06 Å². The summed E-state index contributed by atoms with van der Waals surface area (Å²) in [6.45, 7) is 3.82. The Bertz CT molecular complexity index is 385. The average Bonchev–Trinajstić information content (AvgIpc) is 3.02. The summed E-state index contributed by atoms with van der Waals surface area (Å²) < 4.78 is 62.4. The third-order valence-corrected chi connectivity index (χ3v) is 3.31. The standard InChI is InChI=1S/C15H26F3NO7/c1-21-4-5-22-6-7-23-8-9-24-10-11-25-13-2-3-19(12-13)26-14(20)15(16,17)18/h13H,2-12H2,1H3/t13-/m0/s1. The molecule has 1 rings (SSSR count). The van der Waals surface area contributed by atoms with Crippen molar-refractivity contribution in [2.75, 3.05) is 73.1 Å². The number of hydrogen-bond donors (Lipinski definition) is 0. The minimum atomic E-state index is -5.00. The monoisotopic (exact) mass is 389 g/mol. The van der Waals surface area contributed by atoms with E-state index in [2.05, 4.69) is 4.84 Å². The smallest absolute Gasteiger partial charge is 0.382 e. The first-order valence-electron chi connectivity index (χ1n) is 8.31. The summed E-state index contributed by atoms with van der Waals surface area (Å²) in [5.74, 6) is -2.22. The fourth-order valence-electron chi connectivity index (χ4n) is 2.04. The quantitative estimate of drug-likeness (QED) is 0.404. The lowest BCUT2D eigenvalue weighted by Gasteiger charge is -2.16. The molecule has 0 spiro atoms. The van der Waals surface area contributed by atoms with Crippen LogP contribution >= 0.6 is 0 Å². The Morgan fingerprint density at radius 1 is 0.962 bits per heavy atom.